The van der Waals surface area contributed by atoms with Gasteiger partial charge >= 0.3 is 23.9 Å². The number of carboxylic acid groups (broad SMARTS) is 1. The van der Waals surface area contributed by atoms with Crippen LogP contribution >= 0.6 is 0 Å². The van der Waals surface area contributed by atoms with Gasteiger partial charge in [-0.15, -0.1) is 0 Å². The van der Waals surface area contributed by atoms with Crippen LogP contribution in [0.3, 0.4) is 0 Å². The molecule has 462 valence electrons. The number of carbonyl (C=O) groups excluding carboxylic acids is 3. The minimum absolute atomic E-state index is 0.0666. The average Bonchev–Trinajstić information content (AvgIpc) is 3.46. The Hall–Kier alpha value is -2.80. The van der Waals surface area contributed by atoms with Gasteiger partial charge in [0.25, 0.3) is 0 Å². The Balaban J connectivity index is 2.65. The van der Waals surface area contributed by atoms with E-state index in [1.54, 1.807) is 0 Å². The second kappa shape index (κ2) is 55.7. The van der Waals surface area contributed by atoms with Gasteiger partial charge in [-0.05, 0) is 70.6 Å². The monoisotopic (exact) mass is 1120 g/mol. The summed E-state index contributed by atoms with van der Waals surface area (Å²) in [5.74, 6) is -3.09. The first-order valence-corrected chi connectivity index (χ1v) is 33.3. The van der Waals surface area contributed by atoms with Crippen LogP contribution in [0.15, 0.2) is 24.3 Å². The van der Waals surface area contributed by atoms with E-state index >= 15 is 0 Å². The molecule has 6 atom stereocenters. The number of ether oxygens (including phenoxy) is 5. The Morgan fingerprint density at radius 1 is 0.405 bits per heavy atom. The molecule has 1 fully saturated rings. The largest absolute Gasteiger partial charge is 0.479 e. The van der Waals surface area contributed by atoms with Gasteiger partial charge in [-0.2, -0.15) is 0 Å². The summed E-state index contributed by atoms with van der Waals surface area (Å²) in [6, 6.07) is 0. The van der Waals surface area contributed by atoms with Crippen molar-refractivity contribution in [3.8, 4) is 0 Å². The summed E-state index contributed by atoms with van der Waals surface area (Å²) < 4.78 is 28.6. The molecule has 1 aliphatic heterocycles. The Labute approximate surface area is 483 Å². The van der Waals surface area contributed by atoms with Gasteiger partial charge in [0.05, 0.1) is 6.61 Å². The third kappa shape index (κ3) is 45.4. The van der Waals surface area contributed by atoms with Crippen molar-refractivity contribution in [1.29, 1.82) is 0 Å². The molecule has 79 heavy (non-hydrogen) atoms. The number of unbranched alkanes of at least 4 members (excludes halogenated alkanes) is 40. The van der Waals surface area contributed by atoms with Crippen molar-refractivity contribution < 1.29 is 58.2 Å². The van der Waals surface area contributed by atoms with E-state index in [4.69, 9.17) is 23.7 Å². The summed E-state index contributed by atoms with van der Waals surface area (Å²) in [5, 5.41) is 31.6. The van der Waals surface area contributed by atoms with E-state index < -0.39 is 67.3 Å². The van der Waals surface area contributed by atoms with Crippen molar-refractivity contribution in [3.63, 3.8) is 0 Å². The summed E-state index contributed by atoms with van der Waals surface area (Å²) in [4.78, 5) is 51.3. The van der Waals surface area contributed by atoms with Crippen LogP contribution in [0.2, 0.25) is 0 Å². The normalized spacial score (nSPS) is 17.9. The van der Waals surface area contributed by atoms with Crippen LogP contribution in [0.5, 0.6) is 0 Å². The second-order valence-corrected chi connectivity index (χ2v) is 23.1. The first-order chi connectivity index (χ1) is 38.6. The molecular formula is C67H122O12. The van der Waals surface area contributed by atoms with E-state index in [-0.39, 0.29) is 25.9 Å². The van der Waals surface area contributed by atoms with Crippen LogP contribution in [0.25, 0.3) is 0 Å². The maximum Gasteiger partial charge on any atom is 0.335 e. The fourth-order valence-corrected chi connectivity index (χ4v) is 10.4. The smallest absolute Gasteiger partial charge is 0.335 e. The number of carboxylic acids is 1. The number of aliphatic hydroxyl groups excluding tert-OH is 2. The maximum atomic E-state index is 13.2. The van der Waals surface area contributed by atoms with E-state index in [9.17, 15) is 34.5 Å². The van der Waals surface area contributed by atoms with Crippen molar-refractivity contribution in [1.82, 2.24) is 0 Å². The van der Waals surface area contributed by atoms with Crippen LogP contribution in [0, 0.1) is 0 Å². The van der Waals surface area contributed by atoms with E-state index in [1.165, 1.54) is 193 Å². The lowest BCUT2D eigenvalue weighted by molar-refractivity contribution is -0.301. The van der Waals surface area contributed by atoms with Crippen LogP contribution in [-0.2, 0) is 42.9 Å². The third-order valence-electron chi connectivity index (χ3n) is 15.5. The standard InChI is InChI=1S/C67H122O12/c1-4-7-10-13-16-19-22-25-28-30-33-35-38-41-44-47-50-53-59(68)75-56-58(77-60(69)54-51-48-45-42-39-37-34-31-29-26-23-20-17-14-11-8-5-2)57-76-67-65(63(72)62(71)64(79-67)66(73)74)78-61(70)55-52-49-46-43-40-36-32-27-24-21-18-15-12-9-6-3/h25-26,28-29,58,62-65,67,71-72H,4-24,27,30-57H2,1-3H3,(H,73,74)/b28-25-,29-26-. The third-order valence-corrected chi connectivity index (χ3v) is 15.5. The summed E-state index contributed by atoms with van der Waals surface area (Å²) in [7, 11) is 0. The number of aliphatic hydroxyl groups is 2. The number of aliphatic carboxylic acids is 1. The van der Waals surface area contributed by atoms with Gasteiger partial charge in [-0.3, -0.25) is 14.4 Å². The minimum Gasteiger partial charge on any atom is -0.479 e. The molecule has 0 radical (unpaired) electrons. The molecule has 0 bridgehead atoms. The Morgan fingerprint density at radius 2 is 0.722 bits per heavy atom. The summed E-state index contributed by atoms with van der Waals surface area (Å²) in [6.07, 6.45) is 52.7. The summed E-state index contributed by atoms with van der Waals surface area (Å²) in [6.45, 7) is 6.03. The number of esters is 3. The summed E-state index contributed by atoms with van der Waals surface area (Å²) >= 11 is 0. The van der Waals surface area contributed by atoms with Crippen LogP contribution in [0.4, 0.5) is 0 Å². The van der Waals surface area contributed by atoms with Crippen molar-refractivity contribution in [3.05, 3.63) is 24.3 Å². The lowest BCUT2D eigenvalue weighted by atomic mass is 9.98. The molecule has 12 heteroatoms. The molecule has 0 spiro atoms. The van der Waals surface area contributed by atoms with Crippen molar-refractivity contribution in [2.24, 2.45) is 0 Å². The molecule has 0 amide bonds. The zero-order valence-electron chi connectivity index (χ0n) is 51.1. The van der Waals surface area contributed by atoms with Gasteiger partial charge in [0.2, 0.25) is 0 Å². The number of rotatable bonds is 58. The van der Waals surface area contributed by atoms with Crippen molar-refractivity contribution >= 4 is 23.9 Å². The maximum absolute atomic E-state index is 13.2. The zero-order valence-corrected chi connectivity index (χ0v) is 51.1. The van der Waals surface area contributed by atoms with E-state index in [2.05, 4.69) is 45.1 Å². The van der Waals surface area contributed by atoms with Gasteiger partial charge in [0.1, 0.15) is 18.8 Å². The lowest BCUT2D eigenvalue weighted by Gasteiger charge is -2.40. The highest BCUT2D eigenvalue weighted by Gasteiger charge is 2.50. The molecule has 0 aromatic rings. The molecule has 0 aromatic heterocycles. The highest BCUT2D eigenvalue weighted by Crippen LogP contribution is 2.27. The van der Waals surface area contributed by atoms with E-state index in [0.29, 0.717) is 19.3 Å². The highest BCUT2D eigenvalue weighted by atomic mass is 16.7. The summed E-state index contributed by atoms with van der Waals surface area (Å²) in [5.41, 5.74) is 0. The Bertz CT molecular complexity index is 1470. The predicted octanol–water partition coefficient (Wildman–Crippen LogP) is 17.8. The topological polar surface area (TPSA) is 175 Å². The van der Waals surface area contributed by atoms with Gasteiger partial charge in [-0.1, -0.05) is 263 Å². The molecule has 12 nitrogen and oxygen atoms in total. The Morgan fingerprint density at radius 3 is 1.08 bits per heavy atom. The highest BCUT2D eigenvalue weighted by molar-refractivity contribution is 5.74. The molecule has 1 heterocycles. The molecule has 1 aliphatic rings. The number of hydrogen-bond acceptors (Lipinski definition) is 11. The quantitative estimate of drug-likeness (QED) is 0.0228. The molecule has 0 saturated carbocycles. The molecule has 0 aliphatic carbocycles. The predicted molar refractivity (Wildman–Crippen MR) is 322 cm³/mol. The molecule has 1 rings (SSSR count). The van der Waals surface area contributed by atoms with Gasteiger partial charge in [0, 0.05) is 19.3 Å². The molecule has 1 saturated heterocycles. The van der Waals surface area contributed by atoms with Crippen LogP contribution < -0.4 is 0 Å². The van der Waals surface area contributed by atoms with Gasteiger partial charge in [0.15, 0.2) is 24.6 Å². The fourth-order valence-electron chi connectivity index (χ4n) is 10.4. The number of carbonyl (C=O) groups is 4. The minimum atomic E-state index is -1.90. The van der Waals surface area contributed by atoms with Crippen molar-refractivity contribution in [2.75, 3.05) is 13.2 Å². The first-order valence-electron chi connectivity index (χ1n) is 33.3. The molecule has 0 aromatic carbocycles. The number of hydrogen-bond donors (Lipinski definition) is 3. The number of allylic oxidation sites excluding steroid dienone is 4. The molecular weight excluding hydrogens is 997 g/mol. The molecule has 6 unspecified atom stereocenters. The van der Waals surface area contributed by atoms with E-state index in [1.807, 2.05) is 0 Å². The van der Waals surface area contributed by atoms with E-state index in [0.717, 1.165) is 77.0 Å². The fraction of sp³-hybridized carbons (Fsp3) is 0.881. The molecule has 3 N–H and O–H groups in total. The lowest BCUT2D eigenvalue weighted by Crippen LogP contribution is -2.61. The van der Waals surface area contributed by atoms with Gasteiger partial charge < -0.3 is 39.0 Å². The Kier molecular flexibility index (Phi) is 52.3. The first kappa shape index (κ1) is 74.2. The van der Waals surface area contributed by atoms with Crippen LogP contribution in [0.1, 0.15) is 329 Å². The van der Waals surface area contributed by atoms with Crippen molar-refractivity contribution in [2.45, 2.75) is 366 Å². The van der Waals surface area contributed by atoms with Crippen LogP contribution in [-0.4, -0.2) is 89.2 Å². The average molecular weight is 1120 g/mol. The SMILES string of the molecule is CCCCCCCC/C=C\CCCCCCCCCC(=O)OCC(COC1OC(C(=O)O)C(O)C(O)C1OC(=O)CCCCCCCCCCCCCCCCC)OC(=O)CCCCCCCCC/C=C\CCCCCCCC. The van der Waals surface area contributed by atoms with Gasteiger partial charge in [-0.25, -0.2) is 4.79 Å². The zero-order chi connectivity index (χ0) is 57.5. The second-order valence-electron chi connectivity index (χ2n) is 23.1.